The molecular weight excluding hydrogens is 1280 g/mol. The molecule has 1 saturated heterocycles. The van der Waals surface area contributed by atoms with E-state index in [4.69, 9.17) is 67.5 Å². The first-order valence-corrected chi connectivity index (χ1v) is 32.1. The first-order valence-electron chi connectivity index (χ1n) is 30.4. The van der Waals surface area contributed by atoms with Gasteiger partial charge in [0.1, 0.15) is 22.7 Å². The Morgan fingerprint density at radius 2 is 1.13 bits per heavy atom. The molecule has 1 aliphatic rings. The molecule has 3 heterocycles. The zero-order valence-electron chi connectivity index (χ0n) is 55.4. The molecular formula is C66H85N10NaO16S2. The third kappa shape index (κ3) is 31.9. The van der Waals surface area contributed by atoms with Crippen molar-refractivity contribution in [2.24, 2.45) is 32.3 Å². The van der Waals surface area contributed by atoms with Crippen molar-refractivity contribution in [3.63, 3.8) is 0 Å². The quantitative estimate of drug-likeness (QED) is 0.00826. The van der Waals surface area contributed by atoms with Crippen LogP contribution in [0.15, 0.2) is 82.2 Å². The molecule has 0 bridgehead atoms. The SMILES string of the molecule is C=CCC1CC(=O)OC1=O.[C-]#[N+]c1c(N=Nc2ccc(N(CC)CCOCCOCCOCCOCCOC(=O)CC(CC=C)C(=O)[O-])cc2C)sc(C#N)c1C.[C-]#[N+]c1sc(N=Nc2ccc(N(CC)CCOCCOCCOCCOCCO)cc2C)c([N+]#[C-])c1C.[Na+]. The number of cyclic esters (lactones) is 2. The molecule has 0 saturated carbocycles. The minimum atomic E-state index is -1.30. The fourth-order valence-corrected chi connectivity index (χ4v) is 10.1. The van der Waals surface area contributed by atoms with Crippen LogP contribution in [0.1, 0.15) is 66.7 Å². The number of allylic oxidation sites excluding steroid dienone is 2. The number of aliphatic hydroxyl groups is 1. The summed E-state index contributed by atoms with van der Waals surface area (Å²) < 4.78 is 53.0. The predicted molar refractivity (Wildman–Crippen MR) is 355 cm³/mol. The summed E-state index contributed by atoms with van der Waals surface area (Å²) >= 11 is 2.36. The molecule has 26 nitrogen and oxygen atoms in total. The minimum absolute atomic E-state index is 0. The molecule has 0 radical (unpaired) electrons. The van der Waals surface area contributed by atoms with Gasteiger partial charge in [0.25, 0.3) is 0 Å². The molecule has 1 fully saturated rings. The van der Waals surface area contributed by atoms with Gasteiger partial charge in [0.2, 0.25) is 16.4 Å². The van der Waals surface area contributed by atoms with E-state index >= 15 is 0 Å². The van der Waals surface area contributed by atoms with Gasteiger partial charge in [-0.05, 0) is 106 Å². The number of benzene rings is 2. The molecule has 2 aromatic heterocycles. The molecule has 5 rings (SSSR count). The standard InChI is InChI=1S/C33H43N5O8S.C26H35N5O5S.C7H8O3.Na/c1-6-8-26(33(40)41)22-30(39)46-20-19-45-18-17-44-16-15-43-14-13-42-12-11-38(7-2)27-9-10-28(24(3)21-27)36-37-32-31(35-5)25(4)29(23-34)47-32;1-6-31(9-11-33-13-15-35-17-18-36-16-14-34-12-10-32)22-7-8-23(20(2)19-22)29-30-26-24(27-4)21(3)25(28-5)37-26;1-2-3-5-4-6(8)10-7(5)9;/h6,9-10,21,26H,1,7-8,11-20,22H2,2-4H3,(H,40,41);7-8,19,32H,6,9-18H2,1-3H3;2,5H,1,3-4H2;/q;;;+1/p-1. The fraction of sp³-hybridized carbons (Fsp3) is 0.515. The van der Waals surface area contributed by atoms with E-state index in [2.05, 4.69) is 88.7 Å². The summed E-state index contributed by atoms with van der Waals surface area (Å²) in [5, 5.41) is 47.4. The third-order valence-corrected chi connectivity index (χ3v) is 15.7. The summed E-state index contributed by atoms with van der Waals surface area (Å²) in [6.07, 6.45) is 3.67. The Labute approximate surface area is 587 Å². The van der Waals surface area contributed by atoms with Gasteiger partial charge in [-0.25, -0.2) is 14.5 Å². The second kappa shape index (κ2) is 50.2. The maximum absolute atomic E-state index is 11.7. The largest absolute Gasteiger partial charge is 1.00 e. The fourth-order valence-electron chi connectivity index (χ4n) is 8.39. The van der Waals surface area contributed by atoms with Crippen LogP contribution in [0.4, 0.5) is 49.1 Å². The Morgan fingerprint density at radius 3 is 1.51 bits per heavy atom. The van der Waals surface area contributed by atoms with Gasteiger partial charge in [-0.15, -0.1) is 35.8 Å². The number of ether oxygens (including phenoxy) is 10. The normalized spacial score (nSPS) is 12.6. The number of thiophene rings is 2. The van der Waals surface area contributed by atoms with E-state index in [1.807, 2.05) is 44.2 Å². The van der Waals surface area contributed by atoms with Crippen molar-refractivity contribution in [1.29, 1.82) is 5.26 Å². The molecule has 2 atom stereocenters. The number of azo groups is 2. The van der Waals surface area contributed by atoms with Crippen molar-refractivity contribution in [1.82, 2.24) is 0 Å². The molecule has 1 N–H and O–H groups in total. The number of rotatable bonds is 44. The number of nitriles is 1. The summed E-state index contributed by atoms with van der Waals surface area (Å²) in [5.74, 6) is -3.97. The molecule has 95 heavy (non-hydrogen) atoms. The van der Waals surface area contributed by atoms with Gasteiger partial charge in [-0.1, -0.05) is 19.1 Å². The number of hydrogen-bond donors (Lipinski definition) is 1. The van der Waals surface area contributed by atoms with Crippen LogP contribution in [0.25, 0.3) is 14.5 Å². The molecule has 4 aromatic rings. The van der Waals surface area contributed by atoms with E-state index in [1.165, 1.54) is 28.7 Å². The topological polar surface area (TPSA) is 297 Å². The summed E-state index contributed by atoms with van der Waals surface area (Å²) in [6.45, 7) is 50.7. The Balaban J connectivity index is 0.000000567. The molecule has 0 aliphatic carbocycles. The number of carbonyl (C=O) groups excluding carboxylic acids is 4. The van der Waals surface area contributed by atoms with Crippen LogP contribution in [-0.4, -0.2) is 174 Å². The van der Waals surface area contributed by atoms with Crippen LogP contribution in [0.2, 0.25) is 0 Å². The van der Waals surface area contributed by atoms with Crippen LogP contribution >= 0.6 is 22.7 Å². The molecule has 1 aliphatic heterocycles. The number of aliphatic hydroxyl groups excluding tert-OH is 1. The number of likely N-dealkylation sites (N-methyl/N-ethyl adjacent to an activating group) is 2. The zero-order chi connectivity index (χ0) is 68.9. The Morgan fingerprint density at radius 1 is 0.684 bits per heavy atom. The van der Waals surface area contributed by atoms with Crippen LogP contribution in [0.3, 0.4) is 0 Å². The van der Waals surface area contributed by atoms with Crippen molar-refractivity contribution in [3.05, 3.63) is 123 Å². The van der Waals surface area contributed by atoms with Gasteiger partial charge in [0.15, 0.2) is 0 Å². The number of nitrogens with zero attached hydrogens (tertiary/aromatic N) is 10. The van der Waals surface area contributed by atoms with Crippen molar-refractivity contribution in [3.8, 4) is 6.07 Å². The molecule has 508 valence electrons. The number of hydrogen-bond acceptors (Lipinski definition) is 25. The van der Waals surface area contributed by atoms with Gasteiger partial charge >= 0.3 is 47.5 Å². The first-order chi connectivity index (χ1) is 45.5. The number of carbonyl (C=O) groups is 4. The number of aryl methyl sites for hydroxylation is 2. The molecule has 29 heteroatoms. The maximum atomic E-state index is 11.7. The summed E-state index contributed by atoms with van der Waals surface area (Å²) in [4.78, 5) is 59.2. The van der Waals surface area contributed by atoms with Gasteiger partial charge < -0.3 is 72.2 Å². The van der Waals surface area contributed by atoms with E-state index in [0.717, 1.165) is 47.8 Å². The smallest absolute Gasteiger partial charge is 0.550 e. The molecule has 2 unspecified atom stereocenters. The Kier molecular flexibility index (Phi) is 44.3. The Hall–Kier alpha value is -7.20. The predicted octanol–water partition coefficient (Wildman–Crippen LogP) is 8.39. The summed E-state index contributed by atoms with van der Waals surface area (Å²) in [7, 11) is 0. The number of aliphatic carboxylic acids is 1. The van der Waals surface area contributed by atoms with Crippen molar-refractivity contribution in [2.75, 3.05) is 155 Å². The average Bonchev–Trinajstić information content (AvgIpc) is 1.75. The summed E-state index contributed by atoms with van der Waals surface area (Å²) in [6, 6.07) is 14.0. The zero-order valence-corrected chi connectivity index (χ0v) is 59.1. The minimum Gasteiger partial charge on any atom is -0.550 e. The van der Waals surface area contributed by atoms with Crippen molar-refractivity contribution < 1.29 is 106 Å². The Bertz CT molecular complexity index is 3260. The van der Waals surface area contributed by atoms with E-state index in [0.29, 0.717) is 160 Å². The van der Waals surface area contributed by atoms with E-state index < -0.39 is 29.8 Å². The monoisotopic (exact) mass is 1360 g/mol. The number of carboxylic acids is 1. The average molecular weight is 1360 g/mol. The second-order valence-corrected chi connectivity index (χ2v) is 22.1. The number of anilines is 2. The van der Waals surface area contributed by atoms with Gasteiger partial charge in [-0.2, -0.15) is 25.7 Å². The second-order valence-electron chi connectivity index (χ2n) is 20.2. The van der Waals surface area contributed by atoms with Gasteiger partial charge in [0, 0.05) is 49.4 Å². The molecule has 2 aromatic carbocycles. The van der Waals surface area contributed by atoms with Crippen molar-refractivity contribution in [2.45, 2.75) is 67.2 Å². The molecule has 0 spiro atoms. The first kappa shape index (κ1) is 83.9. The van der Waals surface area contributed by atoms with Crippen LogP contribution in [0.5, 0.6) is 0 Å². The van der Waals surface area contributed by atoms with Gasteiger partial charge in [-0.3, -0.25) is 14.4 Å². The van der Waals surface area contributed by atoms with E-state index in [9.17, 15) is 29.5 Å². The molecule has 0 amide bonds. The van der Waals surface area contributed by atoms with E-state index in [-0.39, 0.29) is 74.6 Å². The van der Waals surface area contributed by atoms with Crippen LogP contribution in [-0.2, 0) is 66.5 Å². The summed E-state index contributed by atoms with van der Waals surface area (Å²) in [5.41, 5.74) is 7.50. The van der Waals surface area contributed by atoms with E-state index in [1.54, 1.807) is 19.9 Å². The van der Waals surface area contributed by atoms with Crippen LogP contribution < -0.4 is 44.5 Å². The van der Waals surface area contributed by atoms with Crippen LogP contribution in [0, 0.1) is 70.6 Å². The third-order valence-electron chi connectivity index (χ3n) is 13.5. The number of carboxylic acid groups (broad SMARTS) is 1. The maximum Gasteiger partial charge on any atom is 1.00 e. The number of esters is 3. The van der Waals surface area contributed by atoms with Gasteiger partial charge in [0.05, 0.1) is 167 Å². The van der Waals surface area contributed by atoms with Crippen molar-refractivity contribution >= 4 is 95.7 Å².